The van der Waals surface area contributed by atoms with Crippen LogP contribution in [0.15, 0.2) is 0 Å². The van der Waals surface area contributed by atoms with Crippen molar-refractivity contribution >= 4 is 0 Å². The Bertz CT molecular complexity index is 128. The molecule has 92 valence electrons. The van der Waals surface area contributed by atoms with E-state index in [4.69, 9.17) is 0 Å². The molecule has 0 bridgehead atoms. The van der Waals surface area contributed by atoms with E-state index in [0.717, 1.165) is 0 Å². The molecule has 0 nitrogen and oxygen atoms in total. The molecule has 0 aromatic rings. The van der Waals surface area contributed by atoms with Crippen molar-refractivity contribution in [1.29, 1.82) is 0 Å². The summed E-state index contributed by atoms with van der Waals surface area (Å²) in [6.45, 7) is 9.43. The van der Waals surface area contributed by atoms with Crippen LogP contribution < -0.4 is 0 Å². The van der Waals surface area contributed by atoms with Crippen LogP contribution in [-0.4, -0.2) is 0 Å². The molecule has 0 N–H and O–H groups in total. The van der Waals surface area contributed by atoms with Crippen molar-refractivity contribution in [2.24, 2.45) is 5.41 Å². The smallest absolute Gasteiger partial charge is 0.0329 e. The van der Waals surface area contributed by atoms with Crippen molar-refractivity contribution < 1.29 is 0 Å². The molecular formula is C15H32. The monoisotopic (exact) mass is 212 g/mol. The Balaban J connectivity index is 3.46. The number of hydrogen-bond acceptors (Lipinski definition) is 0. The molecule has 0 saturated heterocycles. The molecule has 0 spiro atoms. The Morgan fingerprint density at radius 1 is 0.667 bits per heavy atom. The first kappa shape index (κ1) is 15.0. The lowest BCUT2D eigenvalue weighted by molar-refractivity contribution is 0.248. The van der Waals surface area contributed by atoms with Crippen molar-refractivity contribution in [3.05, 3.63) is 0 Å². The van der Waals surface area contributed by atoms with Gasteiger partial charge in [0.25, 0.3) is 0 Å². The molecule has 0 radical (unpaired) electrons. The van der Waals surface area contributed by atoms with E-state index >= 15 is 0 Å². The summed E-state index contributed by atoms with van der Waals surface area (Å²) < 4.78 is 0. The first-order valence-electron chi connectivity index (χ1n) is 7.18. The minimum absolute atomic E-state index is 0.638. The van der Waals surface area contributed by atoms with Gasteiger partial charge in [0.05, 0.1) is 0 Å². The molecule has 0 amide bonds. The van der Waals surface area contributed by atoms with Crippen LogP contribution in [0.25, 0.3) is 0 Å². The van der Waals surface area contributed by atoms with Gasteiger partial charge in [0.1, 0.15) is 0 Å². The van der Waals surface area contributed by atoms with E-state index in [2.05, 4.69) is 27.7 Å². The average molecular weight is 212 g/mol. The highest BCUT2D eigenvalue weighted by Gasteiger charge is 2.19. The maximum atomic E-state index is 2.47. The maximum absolute atomic E-state index is 2.47. The van der Waals surface area contributed by atoms with Gasteiger partial charge < -0.3 is 0 Å². The second-order valence-corrected chi connectivity index (χ2v) is 5.43. The summed E-state index contributed by atoms with van der Waals surface area (Å²) in [5, 5.41) is 0. The van der Waals surface area contributed by atoms with Crippen LogP contribution in [0.4, 0.5) is 0 Å². The van der Waals surface area contributed by atoms with E-state index in [1.165, 1.54) is 64.2 Å². The van der Waals surface area contributed by atoms with Crippen molar-refractivity contribution in [2.45, 2.75) is 91.9 Å². The summed E-state index contributed by atoms with van der Waals surface area (Å²) in [5.41, 5.74) is 0.638. The molecule has 1 unspecified atom stereocenters. The largest absolute Gasteiger partial charge is 0.0654 e. The van der Waals surface area contributed by atoms with Crippen molar-refractivity contribution in [1.82, 2.24) is 0 Å². The fourth-order valence-corrected chi connectivity index (χ4v) is 2.41. The number of hydrogen-bond donors (Lipinski definition) is 0. The Labute approximate surface area is 97.8 Å². The van der Waals surface area contributed by atoms with Gasteiger partial charge in [-0.2, -0.15) is 0 Å². The molecule has 0 heterocycles. The third-order valence-electron chi connectivity index (χ3n) is 3.84. The van der Waals surface area contributed by atoms with Gasteiger partial charge in [0, 0.05) is 0 Å². The second kappa shape index (κ2) is 9.24. The second-order valence-electron chi connectivity index (χ2n) is 5.43. The highest BCUT2D eigenvalue weighted by Crippen LogP contribution is 2.33. The summed E-state index contributed by atoms with van der Waals surface area (Å²) in [7, 11) is 0. The van der Waals surface area contributed by atoms with Gasteiger partial charge in [0.15, 0.2) is 0 Å². The SMILES string of the molecule is CCCCCCCCC(C)(CC)CCC. The summed E-state index contributed by atoms with van der Waals surface area (Å²) in [5.74, 6) is 0. The lowest BCUT2D eigenvalue weighted by Gasteiger charge is -2.27. The van der Waals surface area contributed by atoms with Crippen LogP contribution in [0.5, 0.6) is 0 Å². The summed E-state index contributed by atoms with van der Waals surface area (Å²) >= 11 is 0. The van der Waals surface area contributed by atoms with Gasteiger partial charge in [-0.3, -0.25) is 0 Å². The normalized spacial score (nSPS) is 15.2. The zero-order valence-electron chi connectivity index (χ0n) is 11.6. The highest BCUT2D eigenvalue weighted by molar-refractivity contribution is 4.71. The first-order chi connectivity index (χ1) is 7.18. The van der Waals surface area contributed by atoms with Gasteiger partial charge in [-0.25, -0.2) is 0 Å². The average Bonchev–Trinajstić information content (AvgIpc) is 2.24. The van der Waals surface area contributed by atoms with Crippen LogP contribution >= 0.6 is 0 Å². The Hall–Kier alpha value is 0. The van der Waals surface area contributed by atoms with Crippen molar-refractivity contribution in [3.8, 4) is 0 Å². The highest BCUT2D eigenvalue weighted by atomic mass is 14.2. The van der Waals surface area contributed by atoms with E-state index in [0.29, 0.717) is 5.41 Å². The molecule has 15 heavy (non-hydrogen) atoms. The van der Waals surface area contributed by atoms with E-state index in [1.54, 1.807) is 0 Å². The zero-order chi connectivity index (χ0) is 11.6. The molecule has 0 aliphatic heterocycles. The maximum Gasteiger partial charge on any atom is -0.0329 e. The van der Waals surface area contributed by atoms with Gasteiger partial charge >= 0.3 is 0 Å². The summed E-state index contributed by atoms with van der Waals surface area (Å²) in [4.78, 5) is 0. The van der Waals surface area contributed by atoms with Crippen LogP contribution in [0.1, 0.15) is 91.9 Å². The van der Waals surface area contributed by atoms with Crippen LogP contribution in [0.2, 0.25) is 0 Å². The predicted molar refractivity (Wildman–Crippen MR) is 71.3 cm³/mol. The third kappa shape index (κ3) is 7.88. The van der Waals surface area contributed by atoms with Crippen LogP contribution in [0.3, 0.4) is 0 Å². The predicted octanol–water partition coefficient (Wildman–Crippen LogP) is 5.95. The van der Waals surface area contributed by atoms with E-state index in [1.807, 2.05) is 0 Å². The molecule has 0 rings (SSSR count). The van der Waals surface area contributed by atoms with Gasteiger partial charge in [-0.1, -0.05) is 79.1 Å². The van der Waals surface area contributed by atoms with Crippen molar-refractivity contribution in [3.63, 3.8) is 0 Å². The van der Waals surface area contributed by atoms with E-state index in [-0.39, 0.29) is 0 Å². The molecule has 0 aromatic carbocycles. The van der Waals surface area contributed by atoms with Crippen LogP contribution in [-0.2, 0) is 0 Å². The topological polar surface area (TPSA) is 0 Å². The quantitative estimate of drug-likeness (QED) is 0.392. The van der Waals surface area contributed by atoms with Crippen molar-refractivity contribution in [2.75, 3.05) is 0 Å². The third-order valence-corrected chi connectivity index (χ3v) is 3.84. The van der Waals surface area contributed by atoms with Gasteiger partial charge in [-0.05, 0) is 18.3 Å². The van der Waals surface area contributed by atoms with E-state index < -0.39 is 0 Å². The summed E-state index contributed by atoms with van der Waals surface area (Å²) in [6, 6.07) is 0. The molecule has 0 saturated carbocycles. The minimum atomic E-state index is 0.638. The van der Waals surface area contributed by atoms with Crippen LogP contribution in [0, 0.1) is 5.41 Å². The lowest BCUT2D eigenvalue weighted by Crippen LogP contribution is -2.14. The molecule has 1 atom stereocenters. The number of rotatable bonds is 10. The molecule has 0 aromatic heterocycles. The summed E-state index contributed by atoms with van der Waals surface area (Å²) in [6.07, 6.45) is 14.2. The zero-order valence-corrected chi connectivity index (χ0v) is 11.6. The van der Waals surface area contributed by atoms with Gasteiger partial charge in [-0.15, -0.1) is 0 Å². The fourth-order valence-electron chi connectivity index (χ4n) is 2.41. The Morgan fingerprint density at radius 3 is 1.80 bits per heavy atom. The van der Waals surface area contributed by atoms with E-state index in [9.17, 15) is 0 Å². The molecule has 0 aliphatic carbocycles. The molecule has 0 aliphatic rings. The lowest BCUT2D eigenvalue weighted by atomic mass is 9.78. The number of unbranched alkanes of at least 4 members (excludes halogenated alkanes) is 5. The molecule has 0 heteroatoms. The van der Waals surface area contributed by atoms with Gasteiger partial charge in [0.2, 0.25) is 0 Å². The molecular weight excluding hydrogens is 180 g/mol. The first-order valence-corrected chi connectivity index (χ1v) is 7.18. The Kier molecular flexibility index (Phi) is 9.24. The molecule has 0 fully saturated rings. The standard InChI is InChI=1S/C15H32/c1-5-8-9-10-11-12-14-15(4,7-3)13-6-2/h5-14H2,1-4H3. The fraction of sp³-hybridized carbons (Fsp3) is 1.00. The minimum Gasteiger partial charge on any atom is -0.0654 e. The Morgan fingerprint density at radius 2 is 1.27 bits per heavy atom.